The van der Waals surface area contributed by atoms with Crippen molar-refractivity contribution in [3.8, 4) is 0 Å². The van der Waals surface area contributed by atoms with Crippen LogP contribution in [0.1, 0.15) is 9.67 Å². The second-order valence-corrected chi connectivity index (χ2v) is 5.09. The molecule has 1 aromatic heterocycles. The van der Waals surface area contributed by atoms with E-state index in [1.54, 1.807) is 4.90 Å². The maximum atomic E-state index is 12.1. The summed E-state index contributed by atoms with van der Waals surface area (Å²) in [5.74, 6) is -0.0842. The minimum atomic E-state index is -1.18. The number of rotatable bonds is 2. The molecular formula is C10H14N4O3S. The van der Waals surface area contributed by atoms with E-state index in [2.05, 4.69) is 15.2 Å². The highest BCUT2D eigenvalue weighted by Gasteiger charge is 2.22. The fourth-order valence-corrected chi connectivity index (χ4v) is 2.46. The van der Waals surface area contributed by atoms with Gasteiger partial charge < -0.3 is 14.9 Å². The van der Waals surface area contributed by atoms with E-state index in [1.165, 1.54) is 6.20 Å². The molecule has 0 spiro atoms. The molecule has 98 valence electrons. The first-order valence-corrected chi connectivity index (χ1v) is 6.31. The molecule has 2 amide bonds. The number of hydrogen-bond acceptors (Lipinski definition) is 5. The van der Waals surface area contributed by atoms with Gasteiger partial charge in [0, 0.05) is 26.2 Å². The van der Waals surface area contributed by atoms with Gasteiger partial charge in [0.15, 0.2) is 5.13 Å². The normalized spacial score (nSPS) is 16.6. The fourth-order valence-electron chi connectivity index (χ4n) is 1.69. The van der Waals surface area contributed by atoms with Gasteiger partial charge in [0.1, 0.15) is 4.88 Å². The first kappa shape index (κ1) is 12.8. The van der Waals surface area contributed by atoms with E-state index in [4.69, 9.17) is 5.11 Å². The van der Waals surface area contributed by atoms with Gasteiger partial charge in [0.2, 0.25) is 0 Å². The molecule has 0 bridgehead atoms. The van der Waals surface area contributed by atoms with Crippen molar-refractivity contribution in [1.29, 1.82) is 0 Å². The number of thiazole rings is 1. The predicted molar refractivity (Wildman–Crippen MR) is 67.2 cm³/mol. The molecule has 1 saturated heterocycles. The Bertz CT molecular complexity index is 454. The van der Waals surface area contributed by atoms with Crippen LogP contribution in [0.15, 0.2) is 6.20 Å². The Balaban J connectivity index is 2.00. The molecule has 2 rings (SSSR count). The quantitative estimate of drug-likeness (QED) is 0.823. The molecule has 1 fully saturated rings. The zero-order valence-corrected chi connectivity index (χ0v) is 10.7. The van der Waals surface area contributed by atoms with E-state index in [0.717, 1.165) is 24.4 Å². The molecule has 0 atom stereocenters. The molecule has 18 heavy (non-hydrogen) atoms. The van der Waals surface area contributed by atoms with Crippen molar-refractivity contribution < 1.29 is 14.7 Å². The van der Waals surface area contributed by atoms with Crippen LogP contribution >= 0.6 is 11.3 Å². The molecule has 1 aromatic rings. The van der Waals surface area contributed by atoms with Crippen molar-refractivity contribution in [3.05, 3.63) is 11.1 Å². The number of anilines is 1. The Morgan fingerprint density at radius 1 is 1.39 bits per heavy atom. The smallest absolute Gasteiger partial charge is 0.410 e. The highest BCUT2D eigenvalue weighted by Crippen LogP contribution is 2.20. The molecule has 1 aliphatic heterocycles. The van der Waals surface area contributed by atoms with Crippen LogP contribution < -0.4 is 5.32 Å². The van der Waals surface area contributed by atoms with E-state index in [1.807, 2.05) is 7.05 Å². The molecule has 8 heteroatoms. The monoisotopic (exact) mass is 270 g/mol. The third-order valence-corrected chi connectivity index (χ3v) is 3.62. The summed E-state index contributed by atoms with van der Waals surface area (Å²) in [6.45, 7) is 3.08. The van der Waals surface area contributed by atoms with Crippen molar-refractivity contribution in [3.63, 3.8) is 0 Å². The number of piperazine rings is 1. The number of carbonyl (C=O) groups excluding carboxylic acids is 1. The number of aromatic nitrogens is 1. The largest absolute Gasteiger partial charge is 0.465 e. The second kappa shape index (κ2) is 5.32. The summed E-state index contributed by atoms with van der Waals surface area (Å²) < 4.78 is 0. The number of carbonyl (C=O) groups is 2. The zero-order chi connectivity index (χ0) is 13.1. The first-order valence-electron chi connectivity index (χ1n) is 5.50. The Kier molecular flexibility index (Phi) is 3.78. The van der Waals surface area contributed by atoms with Gasteiger partial charge in [-0.05, 0) is 7.05 Å². The number of amides is 2. The van der Waals surface area contributed by atoms with Crippen LogP contribution in [0.4, 0.5) is 9.93 Å². The first-order chi connectivity index (χ1) is 8.56. The lowest BCUT2D eigenvalue weighted by Gasteiger charge is -2.31. The van der Waals surface area contributed by atoms with Crippen LogP contribution in [0.5, 0.6) is 0 Å². The lowest BCUT2D eigenvalue weighted by atomic mass is 10.3. The second-order valence-electron chi connectivity index (χ2n) is 4.06. The van der Waals surface area contributed by atoms with Crippen LogP contribution in [-0.4, -0.2) is 65.1 Å². The van der Waals surface area contributed by atoms with Crippen LogP contribution in [0, 0.1) is 0 Å². The van der Waals surface area contributed by atoms with Gasteiger partial charge in [-0.2, -0.15) is 0 Å². The molecule has 0 aliphatic carbocycles. The fraction of sp³-hybridized carbons (Fsp3) is 0.500. The van der Waals surface area contributed by atoms with Crippen molar-refractivity contribution >= 4 is 28.5 Å². The van der Waals surface area contributed by atoms with E-state index >= 15 is 0 Å². The summed E-state index contributed by atoms with van der Waals surface area (Å²) in [5.41, 5.74) is 0. The van der Waals surface area contributed by atoms with Crippen LogP contribution in [0.2, 0.25) is 0 Å². The van der Waals surface area contributed by atoms with Gasteiger partial charge in [-0.1, -0.05) is 11.3 Å². The van der Waals surface area contributed by atoms with Gasteiger partial charge >= 0.3 is 6.09 Å². The zero-order valence-electron chi connectivity index (χ0n) is 9.92. The van der Waals surface area contributed by atoms with Gasteiger partial charge in [-0.15, -0.1) is 0 Å². The number of nitrogens with one attached hydrogen (secondary N) is 1. The van der Waals surface area contributed by atoms with Crippen molar-refractivity contribution in [2.75, 3.05) is 38.5 Å². The van der Waals surface area contributed by atoms with Crippen LogP contribution in [0.25, 0.3) is 0 Å². The van der Waals surface area contributed by atoms with E-state index < -0.39 is 6.09 Å². The van der Waals surface area contributed by atoms with Gasteiger partial charge in [0.25, 0.3) is 5.91 Å². The summed E-state index contributed by atoms with van der Waals surface area (Å²) in [5, 5.41) is 10.9. The number of carboxylic acid groups (broad SMARTS) is 1. The summed E-state index contributed by atoms with van der Waals surface area (Å²) in [7, 11) is 2.02. The summed E-state index contributed by atoms with van der Waals surface area (Å²) in [4.78, 5) is 30.8. The molecule has 0 radical (unpaired) electrons. The molecule has 7 nitrogen and oxygen atoms in total. The van der Waals surface area contributed by atoms with Crippen LogP contribution in [0.3, 0.4) is 0 Å². The molecule has 2 N–H and O–H groups in total. The average Bonchev–Trinajstić information content (AvgIpc) is 2.76. The number of nitrogens with zero attached hydrogens (tertiary/aromatic N) is 3. The lowest BCUT2D eigenvalue weighted by molar-refractivity contribution is 0.0668. The highest BCUT2D eigenvalue weighted by molar-refractivity contribution is 7.17. The number of likely N-dealkylation sites (N-methyl/N-ethyl adjacent to an activating group) is 1. The van der Waals surface area contributed by atoms with E-state index in [-0.39, 0.29) is 11.0 Å². The minimum Gasteiger partial charge on any atom is -0.465 e. The summed E-state index contributed by atoms with van der Waals surface area (Å²) >= 11 is 1.06. The Labute approximate surface area is 108 Å². The third kappa shape index (κ3) is 2.96. The summed E-state index contributed by atoms with van der Waals surface area (Å²) in [6, 6.07) is 0. The minimum absolute atomic E-state index is 0.0842. The third-order valence-electron chi connectivity index (χ3n) is 2.72. The molecule has 1 aliphatic rings. The van der Waals surface area contributed by atoms with Crippen molar-refractivity contribution in [2.24, 2.45) is 0 Å². The maximum Gasteiger partial charge on any atom is 0.410 e. The van der Waals surface area contributed by atoms with E-state index in [9.17, 15) is 9.59 Å². The van der Waals surface area contributed by atoms with E-state index in [0.29, 0.717) is 18.0 Å². The van der Waals surface area contributed by atoms with Gasteiger partial charge in [-0.25, -0.2) is 9.78 Å². The van der Waals surface area contributed by atoms with Crippen LogP contribution in [-0.2, 0) is 0 Å². The molecule has 0 unspecified atom stereocenters. The Hall–Kier alpha value is -1.67. The predicted octanol–water partition coefficient (Wildman–Crippen LogP) is 0.621. The van der Waals surface area contributed by atoms with Gasteiger partial charge in [-0.3, -0.25) is 10.1 Å². The Morgan fingerprint density at radius 3 is 2.67 bits per heavy atom. The molecule has 2 heterocycles. The van der Waals surface area contributed by atoms with Crippen molar-refractivity contribution in [2.45, 2.75) is 0 Å². The average molecular weight is 270 g/mol. The highest BCUT2D eigenvalue weighted by atomic mass is 32.1. The van der Waals surface area contributed by atoms with Gasteiger partial charge in [0.05, 0.1) is 6.20 Å². The topological polar surface area (TPSA) is 85.8 Å². The van der Waals surface area contributed by atoms with Crippen molar-refractivity contribution in [1.82, 2.24) is 14.8 Å². The number of hydrogen-bond donors (Lipinski definition) is 2. The molecule has 0 saturated carbocycles. The summed E-state index contributed by atoms with van der Waals surface area (Å²) in [6.07, 6.45) is 0.235. The SMILES string of the molecule is CN1CCN(C(=O)c2cnc(NC(=O)O)s2)CC1. The lowest BCUT2D eigenvalue weighted by Crippen LogP contribution is -2.46. The maximum absolute atomic E-state index is 12.1. The molecular weight excluding hydrogens is 256 g/mol. The standard InChI is InChI=1S/C10H14N4O3S/c1-13-2-4-14(5-3-13)8(15)7-6-11-9(18-7)12-10(16)17/h6H,2-5H2,1H3,(H,11,12)(H,16,17). The molecule has 0 aromatic carbocycles. The Morgan fingerprint density at radius 2 is 2.06 bits per heavy atom.